The zero-order chi connectivity index (χ0) is 15.4. The predicted octanol–water partition coefficient (Wildman–Crippen LogP) is 3.55. The highest BCUT2D eigenvalue weighted by Crippen LogP contribution is 2.31. The third-order valence-electron chi connectivity index (χ3n) is 3.84. The number of carbonyl (C=O) groups is 1. The van der Waals surface area contributed by atoms with Crippen molar-refractivity contribution < 1.29 is 13.9 Å². The van der Waals surface area contributed by atoms with E-state index in [0.717, 1.165) is 24.8 Å². The second-order valence-corrected chi connectivity index (χ2v) is 5.74. The van der Waals surface area contributed by atoms with Gasteiger partial charge < -0.3 is 10.1 Å². The smallest absolute Gasteiger partial charge is 0.243 e. The molecule has 0 bridgehead atoms. The van der Waals surface area contributed by atoms with Crippen molar-refractivity contribution in [3.63, 3.8) is 0 Å². The number of amides is 1. The maximum absolute atomic E-state index is 13.5. The summed E-state index contributed by atoms with van der Waals surface area (Å²) in [5.41, 5.74) is 0.983. The summed E-state index contributed by atoms with van der Waals surface area (Å²) in [6, 6.07) is 4.61. The molecule has 0 heterocycles. The van der Waals surface area contributed by atoms with Crippen molar-refractivity contribution in [1.29, 1.82) is 0 Å². The van der Waals surface area contributed by atoms with E-state index in [1.54, 1.807) is 6.07 Å². The fourth-order valence-corrected chi connectivity index (χ4v) is 2.72. The van der Waals surface area contributed by atoms with Gasteiger partial charge in [0.25, 0.3) is 0 Å². The zero-order valence-electron chi connectivity index (χ0n) is 12.6. The fraction of sp³-hybridized carbons (Fsp3) is 0.471. The summed E-state index contributed by atoms with van der Waals surface area (Å²) < 4.78 is 19.5. The van der Waals surface area contributed by atoms with Gasteiger partial charge in [0.1, 0.15) is 17.7 Å². The summed E-state index contributed by atoms with van der Waals surface area (Å²) in [6.07, 6.45) is 3.86. The highest BCUT2D eigenvalue weighted by Gasteiger charge is 2.30. The van der Waals surface area contributed by atoms with Crippen LogP contribution >= 0.6 is 0 Å². The van der Waals surface area contributed by atoms with Gasteiger partial charge in [0, 0.05) is 6.07 Å². The van der Waals surface area contributed by atoms with E-state index in [0.29, 0.717) is 5.75 Å². The molecule has 1 saturated carbocycles. The second-order valence-electron chi connectivity index (χ2n) is 5.74. The molecule has 1 amide bonds. The van der Waals surface area contributed by atoms with Gasteiger partial charge in [-0.3, -0.25) is 4.79 Å². The van der Waals surface area contributed by atoms with Crippen LogP contribution in [0.3, 0.4) is 0 Å². The first-order chi connectivity index (χ1) is 10.0. The standard InChI is InChI=1S/C17H22FNO2/c1-4-17(20)19-14-6-5-7-15(14)21-16-10-12(18)8-9-13(16)11(2)3/h4,8-11,14-15H,1,5-7H2,2-3H3,(H,19,20)/t14-,15+/m1/s1. The van der Waals surface area contributed by atoms with Crippen LogP contribution in [0.1, 0.15) is 44.6 Å². The molecule has 0 aliphatic heterocycles. The molecule has 2 atom stereocenters. The number of rotatable bonds is 5. The molecule has 21 heavy (non-hydrogen) atoms. The lowest BCUT2D eigenvalue weighted by Gasteiger charge is -2.24. The van der Waals surface area contributed by atoms with Crippen molar-refractivity contribution in [1.82, 2.24) is 5.32 Å². The van der Waals surface area contributed by atoms with Crippen LogP contribution in [0.15, 0.2) is 30.9 Å². The first kappa shape index (κ1) is 15.5. The topological polar surface area (TPSA) is 38.3 Å². The van der Waals surface area contributed by atoms with Crippen LogP contribution in [0.2, 0.25) is 0 Å². The minimum atomic E-state index is -0.306. The van der Waals surface area contributed by atoms with Crippen LogP contribution in [-0.2, 0) is 4.79 Å². The summed E-state index contributed by atoms with van der Waals surface area (Å²) in [7, 11) is 0. The average molecular weight is 291 g/mol. The summed E-state index contributed by atoms with van der Waals surface area (Å²) in [5.74, 6) is 0.330. The predicted molar refractivity (Wildman–Crippen MR) is 80.9 cm³/mol. The maximum atomic E-state index is 13.5. The highest BCUT2D eigenvalue weighted by atomic mass is 19.1. The Balaban J connectivity index is 2.15. The Morgan fingerprint density at radius 2 is 2.24 bits per heavy atom. The van der Waals surface area contributed by atoms with E-state index < -0.39 is 0 Å². The molecular formula is C17H22FNO2. The molecule has 0 saturated heterocycles. The number of hydrogen-bond donors (Lipinski definition) is 1. The zero-order valence-corrected chi connectivity index (χ0v) is 12.6. The van der Waals surface area contributed by atoms with Gasteiger partial charge >= 0.3 is 0 Å². The van der Waals surface area contributed by atoms with Crippen LogP contribution in [0.25, 0.3) is 0 Å². The van der Waals surface area contributed by atoms with Gasteiger partial charge in [-0.15, -0.1) is 0 Å². The third-order valence-corrected chi connectivity index (χ3v) is 3.84. The van der Waals surface area contributed by atoms with Gasteiger partial charge in [-0.1, -0.05) is 26.5 Å². The Bertz CT molecular complexity index is 528. The van der Waals surface area contributed by atoms with E-state index in [-0.39, 0.29) is 29.8 Å². The first-order valence-corrected chi connectivity index (χ1v) is 7.40. The van der Waals surface area contributed by atoms with E-state index in [9.17, 15) is 9.18 Å². The molecule has 1 aromatic carbocycles. The summed E-state index contributed by atoms with van der Waals surface area (Å²) in [4.78, 5) is 11.5. The highest BCUT2D eigenvalue weighted by molar-refractivity contribution is 5.87. The van der Waals surface area contributed by atoms with Gasteiger partial charge in [0.2, 0.25) is 5.91 Å². The molecule has 0 radical (unpaired) electrons. The van der Waals surface area contributed by atoms with Crippen molar-refractivity contribution in [2.24, 2.45) is 0 Å². The van der Waals surface area contributed by atoms with Gasteiger partial charge in [0.05, 0.1) is 6.04 Å². The van der Waals surface area contributed by atoms with E-state index in [2.05, 4.69) is 11.9 Å². The third kappa shape index (κ3) is 3.84. The molecule has 114 valence electrons. The molecule has 2 rings (SSSR count). The number of carbonyl (C=O) groups excluding carboxylic acids is 1. The number of halogens is 1. The summed E-state index contributed by atoms with van der Waals surface area (Å²) in [5, 5.41) is 2.89. The molecular weight excluding hydrogens is 269 g/mol. The van der Waals surface area contributed by atoms with Crippen molar-refractivity contribution >= 4 is 5.91 Å². The number of benzene rings is 1. The SMILES string of the molecule is C=CC(=O)N[C@@H]1CCC[C@@H]1Oc1cc(F)ccc1C(C)C. The number of nitrogens with one attached hydrogen (secondary N) is 1. The number of hydrogen-bond acceptors (Lipinski definition) is 2. The van der Waals surface area contributed by atoms with E-state index in [4.69, 9.17) is 4.74 Å². The summed E-state index contributed by atoms with van der Waals surface area (Å²) >= 11 is 0. The van der Waals surface area contributed by atoms with Crippen LogP contribution < -0.4 is 10.1 Å². The Hall–Kier alpha value is -1.84. The molecule has 4 heteroatoms. The molecule has 0 unspecified atom stereocenters. The van der Waals surface area contributed by atoms with Gasteiger partial charge in [0.15, 0.2) is 0 Å². The Kier molecular flexibility index (Phi) is 4.99. The molecule has 1 fully saturated rings. The second kappa shape index (κ2) is 6.74. The quantitative estimate of drug-likeness (QED) is 0.843. The van der Waals surface area contributed by atoms with Crippen LogP contribution in [0.5, 0.6) is 5.75 Å². The van der Waals surface area contributed by atoms with Crippen molar-refractivity contribution in [3.05, 3.63) is 42.2 Å². The maximum Gasteiger partial charge on any atom is 0.243 e. The lowest BCUT2D eigenvalue weighted by Crippen LogP contribution is -2.41. The molecule has 3 nitrogen and oxygen atoms in total. The minimum Gasteiger partial charge on any atom is -0.488 e. The number of ether oxygens (including phenoxy) is 1. The van der Waals surface area contributed by atoms with Gasteiger partial charge in [-0.05, 0) is 42.9 Å². The average Bonchev–Trinajstić information content (AvgIpc) is 2.85. The lowest BCUT2D eigenvalue weighted by atomic mass is 10.0. The van der Waals surface area contributed by atoms with Crippen molar-refractivity contribution in [3.8, 4) is 5.75 Å². The van der Waals surface area contributed by atoms with Gasteiger partial charge in [-0.2, -0.15) is 0 Å². The largest absolute Gasteiger partial charge is 0.488 e. The molecule has 1 N–H and O–H groups in total. The van der Waals surface area contributed by atoms with Crippen LogP contribution in [0, 0.1) is 5.82 Å². The van der Waals surface area contributed by atoms with E-state index in [1.165, 1.54) is 18.2 Å². The Morgan fingerprint density at radius 3 is 2.90 bits per heavy atom. The minimum absolute atomic E-state index is 0.0428. The van der Waals surface area contributed by atoms with Crippen LogP contribution in [0.4, 0.5) is 4.39 Å². The molecule has 0 aromatic heterocycles. The van der Waals surface area contributed by atoms with Gasteiger partial charge in [-0.25, -0.2) is 4.39 Å². The fourth-order valence-electron chi connectivity index (χ4n) is 2.72. The lowest BCUT2D eigenvalue weighted by molar-refractivity contribution is -0.117. The summed E-state index contributed by atoms with van der Waals surface area (Å²) in [6.45, 7) is 7.55. The molecule has 1 aliphatic carbocycles. The Morgan fingerprint density at radius 1 is 1.48 bits per heavy atom. The molecule has 1 aromatic rings. The normalized spacial score (nSPS) is 21.3. The molecule has 0 spiro atoms. The monoisotopic (exact) mass is 291 g/mol. The Labute approximate surface area is 125 Å². The van der Waals surface area contributed by atoms with E-state index in [1.807, 2.05) is 13.8 Å². The molecule has 1 aliphatic rings. The first-order valence-electron chi connectivity index (χ1n) is 7.40. The van der Waals surface area contributed by atoms with Crippen LogP contribution in [-0.4, -0.2) is 18.1 Å². The van der Waals surface area contributed by atoms with Crippen molar-refractivity contribution in [2.75, 3.05) is 0 Å². The van der Waals surface area contributed by atoms with E-state index >= 15 is 0 Å². The van der Waals surface area contributed by atoms with Crippen molar-refractivity contribution in [2.45, 2.75) is 51.2 Å².